The second kappa shape index (κ2) is 9.15. The lowest BCUT2D eigenvalue weighted by molar-refractivity contribution is 0.102. The molecule has 0 spiro atoms. The largest absolute Gasteiger partial charge is 0.399 e. The van der Waals surface area contributed by atoms with Gasteiger partial charge in [0.25, 0.3) is 5.91 Å². The number of carbonyl (C=O) groups is 1. The van der Waals surface area contributed by atoms with Crippen LogP contribution in [0.3, 0.4) is 0 Å². The predicted molar refractivity (Wildman–Crippen MR) is 132 cm³/mol. The van der Waals surface area contributed by atoms with Crippen LogP contribution in [0.25, 0.3) is 11.3 Å². The maximum atomic E-state index is 12.3. The molecule has 4 rings (SSSR count). The van der Waals surface area contributed by atoms with Crippen LogP contribution in [0.1, 0.15) is 15.9 Å². The molecule has 150 valence electrons. The molecule has 2 aromatic heterocycles. The van der Waals surface area contributed by atoms with Crippen LogP contribution >= 0.6 is 45.7 Å². The van der Waals surface area contributed by atoms with Crippen LogP contribution in [-0.2, 0) is 0 Å². The molecule has 0 radical (unpaired) electrons. The van der Waals surface area contributed by atoms with Gasteiger partial charge in [0.1, 0.15) is 0 Å². The number of aromatic nitrogens is 2. The van der Waals surface area contributed by atoms with E-state index in [1.807, 2.05) is 29.6 Å². The first-order chi connectivity index (χ1) is 14.5. The van der Waals surface area contributed by atoms with Crippen molar-refractivity contribution in [3.8, 4) is 11.3 Å². The zero-order chi connectivity index (χ0) is 21.1. The fraction of sp³-hybridized carbons (Fsp3) is 0.0455. The topological polar surface area (TPSA) is 80.9 Å². The Morgan fingerprint density at radius 1 is 1.10 bits per heavy atom. The monoisotopic (exact) mass is 544 g/mol. The third kappa shape index (κ3) is 4.82. The number of hydrogen-bond acceptors (Lipinski definition) is 6. The van der Waals surface area contributed by atoms with E-state index in [0.717, 1.165) is 35.9 Å². The fourth-order valence-corrected chi connectivity index (χ4v) is 5.79. The van der Waals surface area contributed by atoms with Crippen LogP contribution in [0.5, 0.6) is 0 Å². The molecule has 2 heterocycles. The normalized spacial score (nSPS) is 10.7. The summed E-state index contributed by atoms with van der Waals surface area (Å²) in [6.07, 6.45) is 3.19. The van der Waals surface area contributed by atoms with E-state index in [0.29, 0.717) is 10.7 Å². The third-order valence-electron chi connectivity index (χ3n) is 4.30. The lowest BCUT2D eigenvalue weighted by Crippen LogP contribution is -2.11. The van der Waals surface area contributed by atoms with E-state index in [1.165, 1.54) is 11.3 Å². The zero-order valence-corrected chi connectivity index (χ0v) is 19.7. The standard InChI is InChI=1S/C22H17IN4OS2/c1-13-10-17(30-16-4-2-15(24)3-5-16)11-18(23)20(13)19-12-29-22(26-19)27-21(28)14-6-8-25-9-7-14/h2-12H,24H2,1H3,(H,26,27,28). The van der Waals surface area contributed by atoms with Crippen LogP contribution in [0, 0.1) is 10.5 Å². The molecule has 30 heavy (non-hydrogen) atoms. The molecule has 2 aromatic carbocycles. The minimum atomic E-state index is -0.194. The molecule has 1 amide bonds. The molecular formula is C22H17IN4OS2. The summed E-state index contributed by atoms with van der Waals surface area (Å²) in [6, 6.07) is 15.5. The number of thiazole rings is 1. The van der Waals surface area contributed by atoms with Crippen molar-refractivity contribution < 1.29 is 4.79 Å². The summed E-state index contributed by atoms with van der Waals surface area (Å²) < 4.78 is 1.11. The second-order valence-corrected chi connectivity index (χ2v) is 9.66. The lowest BCUT2D eigenvalue weighted by Gasteiger charge is -2.10. The van der Waals surface area contributed by atoms with Gasteiger partial charge >= 0.3 is 0 Å². The van der Waals surface area contributed by atoms with Crippen LogP contribution in [0.15, 0.2) is 76.1 Å². The first-order valence-corrected chi connectivity index (χ1v) is 11.8. The summed E-state index contributed by atoms with van der Waals surface area (Å²) >= 11 is 5.46. The van der Waals surface area contributed by atoms with E-state index in [9.17, 15) is 4.79 Å². The number of nitrogens with zero attached hydrogens (tertiary/aromatic N) is 2. The number of carbonyl (C=O) groups excluding carboxylic acids is 1. The highest BCUT2D eigenvalue weighted by Crippen LogP contribution is 2.37. The molecule has 4 aromatic rings. The van der Waals surface area contributed by atoms with E-state index >= 15 is 0 Å². The van der Waals surface area contributed by atoms with E-state index in [1.54, 1.807) is 36.3 Å². The Labute approximate surface area is 196 Å². The number of benzene rings is 2. The maximum Gasteiger partial charge on any atom is 0.257 e. The van der Waals surface area contributed by atoms with Crippen LogP contribution in [0.4, 0.5) is 10.8 Å². The number of nitrogens with two attached hydrogens (primary N) is 1. The molecule has 0 saturated carbocycles. The number of rotatable bonds is 5. The van der Waals surface area contributed by atoms with Gasteiger partial charge in [0, 0.05) is 47.9 Å². The van der Waals surface area contributed by atoms with Gasteiger partial charge < -0.3 is 5.73 Å². The molecular weight excluding hydrogens is 527 g/mol. The van der Waals surface area contributed by atoms with Gasteiger partial charge in [-0.3, -0.25) is 15.1 Å². The molecule has 0 unspecified atom stereocenters. The minimum Gasteiger partial charge on any atom is -0.399 e. The van der Waals surface area contributed by atoms with Crippen molar-refractivity contribution in [2.24, 2.45) is 0 Å². The molecule has 0 fully saturated rings. The molecule has 0 saturated heterocycles. The Morgan fingerprint density at radius 3 is 2.53 bits per heavy atom. The number of hydrogen-bond donors (Lipinski definition) is 2. The second-order valence-electron chi connectivity index (χ2n) is 6.50. The van der Waals surface area contributed by atoms with E-state index < -0.39 is 0 Å². The van der Waals surface area contributed by atoms with Gasteiger partial charge in [-0.2, -0.15) is 0 Å². The van der Waals surface area contributed by atoms with Crippen molar-refractivity contribution in [1.82, 2.24) is 9.97 Å². The Balaban J connectivity index is 1.54. The van der Waals surface area contributed by atoms with Gasteiger partial charge in [-0.15, -0.1) is 11.3 Å². The summed E-state index contributed by atoms with van der Waals surface area (Å²) in [6.45, 7) is 2.08. The van der Waals surface area contributed by atoms with Crippen molar-refractivity contribution in [3.63, 3.8) is 0 Å². The summed E-state index contributed by atoms with van der Waals surface area (Å²) in [5.41, 5.74) is 10.2. The van der Waals surface area contributed by atoms with Gasteiger partial charge in [0.2, 0.25) is 0 Å². The van der Waals surface area contributed by atoms with Crippen LogP contribution < -0.4 is 11.1 Å². The number of nitrogen functional groups attached to an aromatic ring is 1. The van der Waals surface area contributed by atoms with Crippen molar-refractivity contribution in [3.05, 3.63) is 81.0 Å². The summed E-state index contributed by atoms with van der Waals surface area (Å²) in [4.78, 5) is 23.2. The summed E-state index contributed by atoms with van der Waals surface area (Å²) in [7, 11) is 0. The van der Waals surface area contributed by atoms with Gasteiger partial charge in [0.05, 0.1) is 5.69 Å². The Bertz CT molecular complexity index is 1170. The number of amides is 1. The highest BCUT2D eigenvalue weighted by Gasteiger charge is 2.15. The first kappa shape index (κ1) is 20.8. The highest BCUT2D eigenvalue weighted by molar-refractivity contribution is 14.1. The van der Waals surface area contributed by atoms with Gasteiger partial charge in [-0.05, 0) is 83.6 Å². The van der Waals surface area contributed by atoms with Crippen molar-refractivity contribution >= 4 is 62.4 Å². The SMILES string of the molecule is Cc1cc(Sc2ccc(N)cc2)cc(I)c1-c1csc(NC(=O)c2ccncc2)n1. The number of anilines is 2. The van der Waals surface area contributed by atoms with Gasteiger partial charge in [-0.25, -0.2) is 4.98 Å². The molecule has 0 bridgehead atoms. The quantitative estimate of drug-likeness (QED) is 0.234. The molecule has 5 nitrogen and oxygen atoms in total. The zero-order valence-electron chi connectivity index (χ0n) is 15.9. The average Bonchev–Trinajstić information content (AvgIpc) is 3.18. The predicted octanol–water partition coefficient (Wildman–Crippen LogP) is 6.10. The number of halogens is 1. The number of nitrogens with one attached hydrogen (secondary N) is 1. The third-order valence-corrected chi connectivity index (χ3v) is 6.89. The molecule has 3 N–H and O–H groups in total. The molecule has 0 atom stereocenters. The Kier molecular flexibility index (Phi) is 6.35. The van der Waals surface area contributed by atoms with Gasteiger partial charge in [-0.1, -0.05) is 11.8 Å². The van der Waals surface area contributed by atoms with E-state index in [-0.39, 0.29) is 5.91 Å². The van der Waals surface area contributed by atoms with E-state index in [2.05, 4.69) is 56.9 Å². The average molecular weight is 544 g/mol. The molecule has 8 heteroatoms. The smallest absolute Gasteiger partial charge is 0.257 e. The molecule has 0 aliphatic heterocycles. The molecule has 0 aliphatic rings. The van der Waals surface area contributed by atoms with Crippen molar-refractivity contribution in [1.29, 1.82) is 0 Å². The van der Waals surface area contributed by atoms with Crippen molar-refractivity contribution in [2.75, 3.05) is 11.1 Å². The van der Waals surface area contributed by atoms with Crippen LogP contribution in [-0.4, -0.2) is 15.9 Å². The summed E-state index contributed by atoms with van der Waals surface area (Å²) in [5.74, 6) is -0.194. The minimum absolute atomic E-state index is 0.194. The molecule has 0 aliphatic carbocycles. The highest BCUT2D eigenvalue weighted by atomic mass is 127. The Morgan fingerprint density at radius 2 is 1.83 bits per heavy atom. The first-order valence-electron chi connectivity index (χ1n) is 9.00. The maximum absolute atomic E-state index is 12.3. The fourth-order valence-electron chi connectivity index (χ4n) is 2.89. The lowest BCUT2D eigenvalue weighted by atomic mass is 10.1. The number of pyridine rings is 1. The Hall–Kier alpha value is -2.43. The van der Waals surface area contributed by atoms with Crippen LogP contribution in [0.2, 0.25) is 0 Å². The summed E-state index contributed by atoms with van der Waals surface area (Å²) in [5, 5.41) is 5.40. The van der Waals surface area contributed by atoms with E-state index in [4.69, 9.17) is 5.73 Å². The van der Waals surface area contributed by atoms with Crippen molar-refractivity contribution in [2.45, 2.75) is 16.7 Å². The van der Waals surface area contributed by atoms with Gasteiger partial charge in [0.15, 0.2) is 5.13 Å². The number of aryl methyl sites for hydroxylation is 1.